The van der Waals surface area contributed by atoms with Crippen molar-refractivity contribution in [2.45, 2.75) is 180 Å². The van der Waals surface area contributed by atoms with Crippen molar-refractivity contribution in [2.75, 3.05) is 66.1 Å². The number of unbranched alkanes of at least 4 members (excludes halogenated alkanes) is 6. The van der Waals surface area contributed by atoms with Crippen molar-refractivity contribution in [3.05, 3.63) is 36.7 Å². The number of hydrogen-bond donors (Lipinski definition) is 0. The molecule has 0 aromatic carbocycles. The van der Waals surface area contributed by atoms with E-state index in [4.69, 9.17) is 56.8 Å². The molecule has 3 rings (SSSR count). The van der Waals surface area contributed by atoms with E-state index < -0.39 is 55.1 Å². The molecule has 12 heteroatoms. The van der Waals surface area contributed by atoms with E-state index in [2.05, 4.69) is 48.1 Å². The van der Waals surface area contributed by atoms with E-state index in [1.54, 1.807) is 12.3 Å². The molecule has 2 fully saturated rings. The van der Waals surface area contributed by atoms with Gasteiger partial charge in [0.05, 0.1) is 26.4 Å². The Morgan fingerprint density at radius 3 is 1.89 bits per heavy atom. The van der Waals surface area contributed by atoms with Crippen LogP contribution in [-0.4, -0.2) is 121 Å². The minimum Gasteiger partial charge on any atom is -0.492 e. The van der Waals surface area contributed by atoms with Crippen LogP contribution in [0.25, 0.3) is 0 Å². The first-order valence-corrected chi connectivity index (χ1v) is 22.1. The lowest BCUT2D eigenvalue weighted by Gasteiger charge is -2.48. The van der Waals surface area contributed by atoms with Gasteiger partial charge in [-0.25, -0.2) is 0 Å². The standard InChI is InChI=1S/C44H78O12/c1-8-15-23-45-31-37-40(56-39-30-35(47-25-17-10-3)36(33-53-39)48-26-18-11-4)34(21-29-49-37)54-44-43(52-28-20-13-6)42(50-22-14-7)41(51-27-19-12-5)38(55-44)32-46-24-16-9-2/h14,30,33-35,37-38,40-44H,7-13,15-29,31-32H2,1-6H3. The van der Waals surface area contributed by atoms with Crippen LogP contribution in [0.2, 0.25) is 0 Å². The van der Waals surface area contributed by atoms with Crippen molar-refractivity contribution in [2.24, 2.45) is 0 Å². The Morgan fingerprint density at radius 1 is 0.661 bits per heavy atom. The highest BCUT2D eigenvalue weighted by Crippen LogP contribution is 2.34. The molecule has 56 heavy (non-hydrogen) atoms. The van der Waals surface area contributed by atoms with Gasteiger partial charge >= 0.3 is 0 Å². The summed E-state index contributed by atoms with van der Waals surface area (Å²) < 4.78 is 77.4. The maximum atomic E-state index is 7.04. The molecule has 0 aromatic rings. The molecule has 0 spiro atoms. The van der Waals surface area contributed by atoms with Crippen LogP contribution in [-0.2, 0) is 56.8 Å². The molecule has 326 valence electrons. The minimum absolute atomic E-state index is 0.302. The molecule has 0 aromatic heterocycles. The highest BCUT2D eigenvalue weighted by molar-refractivity contribution is 5.14. The zero-order valence-corrected chi connectivity index (χ0v) is 35.8. The molecule has 9 atom stereocenters. The van der Waals surface area contributed by atoms with Gasteiger partial charge in [-0.05, 0) is 38.5 Å². The second-order valence-electron chi connectivity index (χ2n) is 14.8. The fraction of sp³-hybridized carbons (Fsp3) is 0.864. The van der Waals surface area contributed by atoms with Gasteiger partial charge in [0.25, 0.3) is 5.95 Å². The Hall–Kier alpha value is -1.74. The summed E-state index contributed by atoms with van der Waals surface area (Å²) in [5.41, 5.74) is 0. The van der Waals surface area contributed by atoms with Crippen molar-refractivity contribution < 1.29 is 56.8 Å². The van der Waals surface area contributed by atoms with Gasteiger partial charge in [-0.3, -0.25) is 0 Å². The summed E-state index contributed by atoms with van der Waals surface area (Å²) in [6.07, 6.45) is 12.7. The van der Waals surface area contributed by atoms with Gasteiger partial charge in [0.2, 0.25) is 0 Å². The lowest BCUT2D eigenvalue weighted by Crippen LogP contribution is -2.63. The van der Waals surface area contributed by atoms with E-state index in [-0.39, 0.29) is 0 Å². The largest absolute Gasteiger partial charge is 0.492 e. The number of rotatable bonds is 33. The normalized spacial score (nSPS) is 28.0. The third-order valence-electron chi connectivity index (χ3n) is 9.91. The van der Waals surface area contributed by atoms with Gasteiger partial charge < -0.3 is 56.8 Å². The zero-order valence-electron chi connectivity index (χ0n) is 35.8. The van der Waals surface area contributed by atoms with Gasteiger partial charge in [0.1, 0.15) is 49.0 Å². The molecule has 3 aliphatic rings. The van der Waals surface area contributed by atoms with Crippen LogP contribution in [0.1, 0.15) is 125 Å². The van der Waals surface area contributed by atoms with E-state index in [0.29, 0.717) is 84.2 Å². The molecule has 12 nitrogen and oxygen atoms in total. The summed E-state index contributed by atoms with van der Waals surface area (Å²) in [4.78, 5) is 0. The summed E-state index contributed by atoms with van der Waals surface area (Å²) in [7, 11) is 0. The fourth-order valence-corrected chi connectivity index (χ4v) is 6.50. The van der Waals surface area contributed by atoms with Gasteiger partial charge in [-0.15, -0.1) is 6.58 Å². The lowest BCUT2D eigenvalue weighted by molar-refractivity contribution is -0.343. The molecule has 0 radical (unpaired) electrons. The molecule has 2 saturated heterocycles. The average Bonchev–Trinajstić information content (AvgIpc) is 3.20. The van der Waals surface area contributed by atoms with Crippen LogP contribution in [0.15, 0.2) is 36.7 Å². The molecule has 0 N–H and O–H groups in total. The van der Waals surface area contributed by atoms with E-state index >= 15 is 0 Å². The first-order chi connectivity index (χ1) is 27.5. The Labute approximate surface area is 339 Å². The van der Waals surface area contributed by atoms with Crippen molar-refractivity contribution in [1.82, 2.24) is 0 Å². The Bertz CT molecular complexity index is 1060. The van der Waals surface area contributed by atoms with Crippen LogP contribution in [0.4, 0.5) is 0 Å². The molecule has 3 heterocycles. The van der Waals surface area contributed by atoms with E-state index in [1.807, 2.05) is 6.08 Å². The molecule has 0 saturated carbocycles. The third-order valence-corrected chi connectivity index (χ3v) is 9.91. The van der Waals surface area contributed by atoms with Crippen molar-refractivity contribution in [3.8, 4) is 0 Å². The van der Waals surface area contributed by atoms with Gasteiger partial charge in [-0.1, -0.05) is 86.1 Å². The molecule has 3 aliphatic heterocycles. The van der Waals surface area contributed by atoms with Crippen LogP contribution in [0.5, 0.6) is 0 Å². The van der Waals surface area contributed by atoms with E-state index in [1.165, 1.54) is 0 Å². The Morgan fingerprint density at radius 2 is 1.25 bits per heavy atom. The first-order valence-electron chi connectivity index (χ1n) is 22.1. The zero-order chi connectivity index (χ0) is 40.2. The molecule has 0 amide bonds. The molecule has 9 unspecified atom stereocenters. The van der Waals surface area contributed by atoms with Crippen LogP contribution in [0.3, 0.4) is 0 Å². The summed E-state index contributed by atoms with van der Waals surface area (Å²) in [6, 6.07) is 0. The van der Waals surface area contributed by atoms with E-state index in [0.717, 1.165) is 77.0 Å². The Balaban J connectivity index is 1.95. The molecule has 0 bridgehead atoms. The highest BCUT2D eigenvalue weighted by atomic mass is 16.7. The maximum Gasteiger partial charge on any atom is 0.283 e. The second kappa shape index (κ2) is 30.3. The summed E-state index contributed by atoms with van der Waals surface area (Å²) in [6.45, 7) is 21.8. The van der Waals surface area contributed by atoms with Crippen molar-refractivity contribution in [3.63, 3.8) is 0 Å². The topological polar surface area (TPSA) is 111 Å². The van der Waals surface area contributed by atoms with Crippen LogP contribution in [0, 0.1) is 0 Å². The SMILES string of the molecule is C=CCOC1C(OCCCC)C(COCCCC)OC(OC2CCOC(COCCCC)C2OC2=CC(OCCCC)C(OCCCC)=CO2)C1OCCCC. The fourth-order valence-electron chi connectivity index (χ4n) is 6.50. The minimum atomic E-state index is -0.812. The van der Waals surface area contributed by atoms with E-state index in [9.17, 15) is 0 Å². The summed E-state index contributed by atoms with van der Waals surface area (Å²) in [5, 5.41) is 0. The first kappa shape index (κ1) is 48.6. The Kier molecular flexibility index (Phi) is 26.3. The summed E-state index contributed by atoms with van der Waals surface area (Å²) >= 11 is 0. The maximum absolute atomic E-state index is 7.04. The van der Waals surface area contributed by atoms with Crippen LogP contribution >= 0.6 is 0 Å². The molecule has 0 aliphatic carbocycles. The predicted molar refractivity (Wildman–Crippen MR) is 216 cm³/mol. The number of ether oxygens (including phenoxy) is 12. The lowest BCUT2D eigenvalue weighted by atomic mass is 9.97. The van der Waals surface area contributed by atoms with Crippen LogP contribution < -0.4 is 0 Å². The third kappa shape index (κ3) is 17.2. The van der Waals surface area contributed by atoms with Crippen molar-refractivity contribution >= 4 is 0 Å². The van der Waals surface area contributed by atoms with Crippen molar-refractivity contribution in [1.29, 1.82) is 0 Å². The predicted octanol–water partition coefficient (Wildman–Crippen LogP) is 8.56. The second-order valence-corrected chi connectivity index (χ2v) is 14.8. The van der Waals surface area contributed by atoms with Gasteiger partial charge in [0, 0.05) is 52.1 Å². The number of hydrogen-bond acceptors (Lipinski definition) is 12. The molecular weight excluding hydrogens is 720 g/mol. The highest BCUT2D eigenvalue weighted by Gasteiger charge is 2.51. The smallest absolute Gasteiger partial charge is 0.283 e. The summed E-state index contributed by atoms with van der Waals surface area (Å²) in [5.74, 6) is 0.932. The molecular formula is C44H78O12. The van der Waals surface area contributed by atoms with Gasteiger partial charge in [-0.2, -0.15) is 0 Å². The quantitative estimate of drug-likeness (QED) is 0.0469. The monoisotopic (exact) mass is 799 g/mol. The average molecular weight is 799 g/mol. The van der Waals surface area contributed by atoms with Gasteiger partial charge in [0.15, 0.2) is 18.2 Å².